The summed E-state index contributed by atoms with van der Waals surface area (Å²) < 4.78 is 25.3. The van der Waals surface area contributed by atoms with Gasteiger partial charge in [0.1, 0.15) is 6.04 Å². The highest BCUT2D eigenvalue weighted by Gasteiger charge is 2.39. The first-order valence-corrected chi connectivity index (χ1v) is 9.15. The van der Waals surface area contributed by atoms with Gasteiger partial charge >= 0.3 is 0 Å². The van der Waals surface area contributed by atoms with Gasteiger partial charge in [-0.1, -0.05) is 0 Å². The van der Waals surface area contributed by atoms with Crippen molar-refractivity contribution in [2.75, 3.05) is 39.0 Å². The summed E-state index contributed by atoms with van der Waals surface area (Å²) in [5.41, 5.74) is 0. The Morgan fingerprint density at radius 2 is 1.90 bits per heavy atom. The lowest BCUT2D eigenvalue weighted by Crippen LogP contribution is -2.51. The predicted molar refractivity (Wildman–Crippen MR) is 78.9 cm³/mol. The molecule has 0 saturated carbocycles. The zero-order valence-electron chi connectivity index (χ0n) is 13.0. The molecule has 0 N–H and O–H groups in total. The fourth-order valence-corrected chi connectivity index (χ4v) is 4.03. The number of hydrogen-bond donors (Lipinski definition) is 0. The van der Waals surface area contributed by atoms with Crippen LogP contribution in [-0.4, -0.2) is 79.7 Å². The molecule has 1 amide bonds. The molecule has 0 spiro atoms. The van der Waals surface area contributed by atoms with Gasteiger partial charge in [0.15, 0.2) is 0 Å². The minimum Gasteiger partial charge on any atom is -0.290 e. The van der Waals surface area contributed by atoms with E-state index in [4.69, 9.17) is 4.84 Å². The Balaban J connectivity index is 1.91. The normalized spacial score (nSPS) is 26.0. The van der Waals surface area contributed by atoms with E-state index in [1.807, 2.05) is 6.92 Å². The second kappa shape index (κ2) is 6.60. The van der Waals surface area contributed by atoms with Crippen molar-refractivity contribution in [3.8, 4) is 0 Å². The number of sulfonamides is 1. The summed E-state index contributed by atoms with van der Waals surface area (Å²) in [6, 6.07) is -0.176. The Morgan fingerprint density at radius 1 is 1.29 bits per heavy atom. The van der Waals surface area contributed by atoms with Crippen molar-refractivity contribution >= 4 is 15.9 Å². The van der Waals surface area contributed by atoms with Crippen molar-refractivity contribution in [1.29, 1.82) is 0 Å². The van der Waals surface area contributed by atoms with Gasteiger partial charge < -0.3 is 0 Å². The van der Waals surface area contributed by atoms with E-state index >= 15 is 0 Å². The number of hydroxylamine groups is 2. The van der Waals surface area contributed by atoms with E-state index in [0.717, 1.165) is 25.9 Å². The molecule has 1 atom stereocenters. The van der Waals surface area contributed by atoms with E-state index in [-0.39, 0.29) is 23.7 Å². The third kappa shape index (κ3) is 3.39. The minimum absolute atomic E-state index is 0.0190. The first-order chi connectivity index (χ1) is 9.90. The van der Waals surface area contributed by atoms with Crippen LogP contribution in [0.25, 0.3) is 0 Å². The summed E-state index contributed by atoms with van der Waals surface area (Å²) >= 11 is 0. The average molecular weight is 319 g/mol. The number of amides is 1. The maximum atomic E-state index is 12.1. The fourth-order valence-electron chi connectivity index (χ4n) is 2.96. The van der Waals surface area contributed by atoms with E-state index in [9.17, 15) is 13.2 Å². The van der Waals surface area contributed by atoms with Gasteiger partial charge in [-0.05, 0) is 26.7 Å². The standard InChI is InChI=1S/C13H25N3O4S/c1-4-16-13(17)12(10-20-16)15-8-6-11(7-9-15)14(3)21(18,19)5-2/h11-12H,4-10H2,1-3H3. The summed E-state index contributed by atoms with van der Waals surface area (Å²) in [6.07, 6.45) is 1.51. The summed E-state index contributed by atoms with van der Waals surface area (Å²) in [4.78, 5) is 19.6. The lowest BCUT2D eigenvalue weighted by atomic mass is 10.0. The van der Waals surface area contributed by atoms with E-state index < -0.39 is 10.0 Å². The topological polar surface area (TPSA) is 70.2 Å². The van der Waals surface area contributed by atoms with Crippen molar-refractivity contribution < 1.29 is 18.0 Å². The van der Waals surface area contributed by atoms with Crippen LogP contribution in [0, 0.1) is 0 Å². The molecule has 2 rings (SSSR count). The van der Waals surface area contributed by atoms with Crippen LogP contribution >= 0.6 is 0 Å². The molecule has 0 aromatic heterocycles. The van der Waals surface area contributed by atoms with Gasteiger partial charge in [-0.15, -0.1) is 0 Å². The van der Waals surface area contributed by atoms with E-state index in [1.165, 1.54) is 9.37 Å². The Kier molecular flexibility index (Phi) is 5.24. The number of carbonyl (C=O) groups excluding carboxylic acids is 1. The predicted octanol–water partition coefficient (Wildman–Crippen LogP) is -0.105. The van der Waals surface area contributed by atoms with Crippen molar-refractivity contribution in [2.24, 2.45) is 0 Å². The van der Waals surface area contributed by atoms with Gasteiger partial charge in [0.2, 0.25) is 10.0 Å². The third-order valence-corrected chi connectivity index (χ3v) is 6.37. The molecule has 1 unspecified atom stereocenters. The molecule has 7 nitrogen and oxygen atoms in total. The lowest BCUT2D eigenvalue weighted by molar-refractivity contribution is -0.160. The maximum absolute atomic E-state index is 12.1. The molecule has 21 heavy (non-hydrogen) atoms. The monoisotopic (exact) mass is 319 g/mol. The van der Waals surface area contributed by atoms with Gasteiger partial charge in [0.25, 0.3) is 5.91 Å². The lowest BCUT2D eigenvalue weighted by Gasteiger charge is -2.37. The van der Waals surface area contributed by atoms with Crippen LogP contribution in [0.5, 0.6) is 0 Å². The summed E-state index contributed by atoms with van der Waals surface area (Å²) in [5, 5.41) is 1.41. The Morgan fingerprint density at radius 3 is 2.38 bits per heavy atom. The maximum Gasteiger partial charge on any atom is 0.265 e. The molecule has 0 aliphatic carbocycles. The average Bonchev–Trinajstić information content (AvgIpc) is 2.87. The Hall–Kier alpha value is -0.700. The molecular weight excluding hydrogens is 294 g/mol. The first kappa shape index (κ1) is 16.7. The molecule has 2 heterocycles. The molecule has 0 bridgehead atoms. The largest absolute Gasteiger partial charge is 0.290 e. The first-order valence-electron chi connectivity index (χ1n) is 7.54. The van der Waals surface area contributed by atoms with Gasteiger partial charge in [-0.3, -0.25) is 14.5 Å². The van der Waals surface area contributed by atoms with Crippen LogP contribution in [0.3, 0.4) is 0 Å². The van der Waals surface area contributed by atoms with Crippen molar-refractivity contribution in [3.63, 3.8) is 0 Å². The number of rotatable bonds is 5. The smallest absolute Gasteiger partial charge is 0.265 e. The van der Waals surface area contributed by atoms with Gasteiger partial charge in [-0.2, -0.15) is 0 Å². The van der Waals surface area contributed by atoms with Gasteiger partial charge in [-0.25, -0.2) is 17.8 Å². The molecule has 8 heteroatoms. The van der Waals surface area contributed by atoms with Crippen LogP contribution in [0.4, 0.5) is 0 Å². The van der Waals surface area contributed by atoms with E-state index in [2.05, 4.69) is 4.90 Å². The minimum atomic E-state index is -3.14. The number of piperidine rings is 1. The molecule has 2 aliphatic rings. The van der Waals surface area contributed by atoms with Crippen LogP contribution < -0.4 is 0 Å². The zero-order valence-corrected chi connectivity index (χ0v) is 13.8. The molecule has 0 radical (unpaired) electrons. The molecule has 2 aliphatic heterocycles. The summed E-state index contributed by atoms with van der Waals surface area (Å²) in [5.74, 6) is 0.148. The molecular formula is C13H25N3O4S. The molecule has 122 valence electrons. The Bertz CT molecular complexity index is 474. The second-order valence-electron chi connectivity index (χ2n) is 5.53. The highest BCUT2D eigenvalue weighted by molar-refractivity contribution is 7.89. The SMILES string of the molecule is CCN1OCC(N2CCC(N(C)S(=O)(=O)CC)CC2)C1=O. The van der Waals surface area contributed by atoms with Gasteiger partial charge in [0.05, 0.1) is 12.4 Å². The number of hydrogen-bond acceptors (Lipinski definition) is 5. The quantitative estimate of drug-likeness (QED) is 0.707. The van der Waals surface area contributed by atoms with Gasteiger partial charge in [0, 0.05) is 32.7 Å². The molecule has 2 fully saturated rings. The zero-order chi connectivity index (χ0) is 15.6. The molecule has 0 aromatic rings. The number of likely N-dealkylation sites (tertiary alicyclic amines) is 1. The number of nitrogens with zero attached hydrogens (tertiary/aromatic N) is 3. The molecule has 0 aromatic carbocycles. The third-order valence-electron chi connectivity index (χ3n) is 4.46. The van der Waals surface area contributed by atoms with Crippen molar-refractivity contribution in [2.45, 2.75) is 38.8 Å². The van der Waals surface area contributed by atoms with E-state index in [1.54, 1.807) is 14.0 Å². The number of likely N-dealkylation sites (N-methyl/N-ethyl adjacent to an activating group) is 1. The van der Waals surface area contributed by atoms with Crippen molar-refractivity contribution in [1.82, 2.24) is 14.3 Å². The number of carbonyl (C=O) groups is 1. The van der Waals surface area contributed by atoms with Crippen LogP contribution in [0.15, 0.2) is 0 Å². The van der Waals surface area contributed by atoms with Crippen LogP contribution in [-0.2, 0) is 19.7 Å². The molecule has 2 saturated heterocycles. The van der Waals surface area contributed by atoms with Crippen molar-refractivity contribution in [3.05, 3.63) is 0 Å². The summed E-state index contributed by atoms with van der Waals surface area (Å²) in [7, 11) is -1.49. The second-order valence-corrected chi connectivity index (χ2v) is 7.85. The highest BCUT2D eigenvalue weighted by atomic mass is 32.2. The highest BCUT2D eigenvalue weighted by Crippen LogP contribution is 2.22. The Labute approximate surface area is 126 Å². The van der Waals surface area contributed by atoms with E-state index in [0.29, 0.717) is 13.2 Å². The van der Waals surface area contributed by atoms with Crippen LogP contribution in [0.2, 0.25) is 0 Å². The fraction of sp³-hybridized carbons (Fsp3) is 0.923. The van der Waals surface area contributed by atoms with Crippen LogP contribution in [0.1, 0.15) is 26.7 Å². The summed E-state index contributed by atoms with van der Waals surface area (Å²) in [6.45, 7) is 5.97.